The molecule has 1 aliphatic rings. The Labute approximate surface area is 208 Å². The number of anilines is 1. The quantitative estimate of drug-likeness (QED) is 0.351. The number of hydrogen-bond acceptors (Lipinski definition) is 7. The molecule has 9 nitrogen and oxygen atoms in total. The Morgan fingerprint density at radius 1 is 1.26 bits per heavy atom. The first-order valence-corrected chi connectivity index (χ1v) is 12.4. The third kappa shape index (κ3) is 7.49. The number of thiophene rings is 1. The number of halogens is 1. The van der Waals surface area contributed by atoms with Crippen LogP contribution in [-0.4, -0.2) is 79.3 Å². The van der Waals surface area contributed by atoms with Crippen LogP contribution in [0.25, 0.3) is 0 Å². The first-order valence-electron chi connectivity index (χ1n) is 11.2. The number of likely N-dealkylation sites (N-methyl/N-ethyl adjacent to an activating group) is 2. The van der Waals surface area contributed by atoms with Crippen LogP contribution in [-0.2, 0) is 33.8 Å². The zero-order chi connectivity index (χ0) is 24.7. The van der Waals surface area contributed by atoms with Gasteiger partial charge >= 0.3 is 11.8 Å². The Morgan fingerprint density at radius 3 is 2.76 bits per heavy atom. The summed E-state index contributed by atoms with van der Waals surface area (Å²) in [5.74, 6) is -1.66. The van der Waals surface area contributed by atoms with Crippen LogP contribution >= 0.6 is 22.9 Å². The van der Waals surface area contributed by atoms with Gasteiger partial charge in [0, 0.05) is 49.7 Å². The molecule has 184 valence electrons. The van der Waals surface area contributed by atoms with Crippen molar-refractivity contribution in [2.24, 2.45) is 0 Å². The Morgan fingerprint density at radius 2 is 2.06 bits per heavy atom. The number of pyridine rings is 1. The van der Waals surface area contributed by atoms with E-state index in [0.717, 1.165) is 32.4 Å². The monoisotopic (exact) mass is 506 g/mol. The number of carbonyl (C=O) groups is 3. The molecule has 34 heavy (non-hydrogen) atoms. The molecule has 11 heteroatoms. The van der Waals surface area contributed by atoms with Crippen molar-refractivity contribution in [3.8, 4) is 0 Å². The molecular formula is C23H31ClN6O3S. The van der Waals surface area contributed by atoms with E-state index in [4.69, 9.17) is 11.6 Å². The molecule has 3 N–H and O–H groups in total. The molecule has 0 bridgehead atoms. The van der Waals surface area contributed by atoms with Crippen LogP contribution in [0, 0.1) is 0 Å². The maximum Gasteiger partial charge on any atom is 0.314 e. The smallest absolute Gasteiger partial charge is 0.314 e. The van der Waals surface area contributed by atoms with E-state index in [1.165, 1.54) is 32.5 Å². The Hall–Kier alpha value is -2.53. The standard InChI is InChI=1S/C23H31ClN6O3S/c1-29(2)23(33)18(13-27-21(31)22(32)28-20-7-6-16(24)12-26-20)25-9-4-5-17-11-15-14-30(3)10-8-19(15)34-17/h6-7,11-12,18,25H,4-5,8-10,13-14H2,1-3H3,(H,27,31)(H,26,28,32). The number of carbonyl (C=O) groups excluding carboxylic acids is 3. The molecule has 1 aliphatic heterocycles. The van der Waals surface area contributed by atoms with E-state index < -0.39 is 17.9 Å². The second kappa shape index (κ2) is 12.3. The minimum Gasteiger partial charge on any atom is -0.347 e. The lowest BCUT2D eigenvalue weighted by molar-refractivity contribution is -0.136. The average molecular weight is 507 g/mol. The van der Waals surface area contributed by atoms with Crippen molar-refractivity contribution in [1.82, 2.24) is 25.4 Å². The molecule has 0 spiro atoms. The maximum atomic E-state index is 12.6. The molecule has 1 unspecified atom stereocenters. The highest BCUT2D eigenvalue weighted by atomic mass is 35.5. The van der Waals surface area contributed by atoms with Gasteiger partial charge in [0.2, 0.25) is 5.91 Å². The van der Waals surface area contributed by atoms with E-state index in [1.54, 1.807) is 20.2 Å². The predicted molar refractivity (Wildman–Crippen MR) is 134 cm³/mol. The van der Waals surface area contributed by atoms with Crippen LogP contribution in [0.2, 0.25) is 5.02 Å². The zero-order valence-corrected chi connectivity index (χ0v) is 21.3. The Balaban J connectivity index is 1.46. The van der Waals surface area contributed by atoms with Crippen LogP contribution < -0.4 is 16.0 Å². The van der Waals surface area contributed by atoms with Crippen LogP contribution in [0.3, 0.4) is 0 Å². The van der Waals surface area contributed by atoms with Crippen molar-refractivity contribution < 1.29 is 14.4 Å². The number of nitrogens with one attached hydrogen (secondary N) is 3. The molecule has 0 saturated carbocycles. The fourth-order valence-electron chi connectivity index (χ4n) is 3.65. The van der Waals surface area contributed by atoms with Gasteiger partial charge in [-0.25, -0.2) is 4.98 Å². The highest BCUT2D eigenvalue weighted by Crippen LogP contribution is 2.28. The summed E-state index contributed by atoms with van der Waals surface area (Å²) in [5, 5.41) is 8.57. The molecule has 3 heterocycles. The van der Waals surface area contributed by atoms with Crippen LogP contribution in [0.5, 0.6) is 0 Å². The summed E-state index contributed by atoms with van der Waals surface area (Å²) in [6.45, 7) is 2.72. The SMILES string of the molecule is CN1CCc2sc(CCCNC(CNC(=O)C(=O)Nc3ccc(Cl)cn3)C(=O)N(C)C)cc2C1. The average Bonchev–Trinajstić information content (AvgIpc) is 3.21. The van der Waals surface area contributed by atoms with Crippen LogP contribution in [0.4, 0.5) is 5.82 Å². The second-order valence-corrected chi connectivity index (χ2v) is 10.2. The first-order chi connectivity index (χ1) is 16.2. The number of aromatic nitrogens is 1. The first kappa shape index (κ1) is 26.1. The fourth-order valence-corrected chi connectivity index (χ4v) is 4.98. The minimum absolute atomic E-state index is 0.00303. The summed E-state index contributed by atoms with van der Waals surface area (Å²) in [6, 6.07) is 4.72. The summed E-state index contributed by atoms with van der Waals surface area (Å²) >= 11 is 7.65. The molecule has 0 saturated heterocycles. The van der Waals surface area contributed by atoms with Gasteiger partial charge in [0.25, 0.3) is 0 Å². The summed E-state index contributed by atoms with van der Waals surface area (Å²) in [6.07, 6.45) is 4.27. The molecule has 3 amide bonds. The number of hydrogen-bond donors (Lipinski definition) is 3. The highest BCUT2D eigenvalue weighted by Gasteiger charge is 2.23. The molecule has 3 rings (SSSR count). The fraction of sp³-hybridized carbons (Fsp3) is 0.478. The number of fused-ring (bicyclic) bond motifs is 1. The topological polar surface area (TPSA) is 107 Å². The van der Waals surface area contributed by atoms with Crippen molar-refractivity contribution in [1.29, 1.82) is 0 Å². The normalized spacial score (nSPS) is 14.2. The van der Waals surface area contributed by atoms with Crippen molar-refractivity contribution in [3.05, 3.63) is 44.7 Å². The Kier molecular flexibility index (Phi) is 9.40. The van der Waals surface area contributed by atoms with Gasteiger partial charge in [-0.2, -0.15) is 0 Å². The lowest BCUT2D eigenvalue weighted by atomic mass is 10.1. The van der Waals surface area contributed by atoms with Gasteiger partial charge in [0.05, 0.1) is 5.02 Å². The lowest BCUT2D eigenvalue weighted by Crippen LogP contribution is -2.52. The lowest BCUT2D eigenvalue weighted by Gasteiger charge is -2.22. The molecule has 0 fully saturated rings. The van der Waals surface area contributed by atoms with Gasteiger partial charge in [-0.3, -0.25) is 14.4 Å². The largest absolute Gasteiger partial charge is 0.347 e. The summed E-state index contributed by atoms with van der Waals surface area (Å²) < 4.78 is 0. The van der Waals surface area contributed by atoms with Crippen molar-refractivity contribution in [2.75, 3.05) is 46.1 Å². The molecule has 2 aromatic heterocycles. The van der Waals surface area contributed by atoms with Gasteiger partial charge < -0.3 is 25.8 Å². The summed E-state index contributed by atoms with van der Waals surface area (Å²) in [4.78, 5) is 47.5. The van der Waals surface area contributed by atoms with Gasteiger partial charge in [0.15, 0.2) is 0 Å². The summed E-state index contributed by atoms with van der Waals surface area (Å²) in [5.41, 5.74) is 1.43. The van der Waals surface area contributed by atoms with Crippen molar-refractivity contribution in [3.63, 3.8) is 0 Å². The van der Waals surface area contributed by atoms with E-state index in [1.807, 2.05) is 11.3 Å². The van der Waals surface area contributed by atoms with E-state index in [-0.39, 0.29) is 18.3 Å². The van der Waals surface area contributed by atoms with E-state index in [9.17, 15) is 14.4 Å². The molecule has 0 aliphatic carbocycles. The zero-order valence-electron chi connectivity index (χ0n) is 19.7. The van der Waals surface area contributed by atoms with E-state index in [2.05, 4.69) is 38.9 Å². The van der Waals surface area contributed by atoms with Crippen LogP contribution in [0.15, 0.2) is 24.4 Å². The Bertz CT molecular complexity index is 1010. The maximum absolute atomic E-state index is 12.6. The third-order valence-electron chi connectivity index (χ3n) is 5.48. The number of amides is 3. The van der Waals surface area contributed by atoms with E-state index in [0.29, 0.717) is 11.6 Å². The summed E-state index contributed by atoms with van der Waals surface area (Å²) in [7, 11) is 5.46. The second-order valence-electron chi connectivity index (χ2n) is 8.52. The third-order valence-corrected chi connectivity index (χ3v) is 7.00. The van der Waals surface area contributed by atoms with Gasteiger partial charge in [-0.05, 0) is 56.6 Å². The highest BCUT2D eigenvalue weighted by molar-refractivity contribution is 7.12. The molecular weight excluding hydrogens is 476 g/mol. The van der Waals surface area contributed by atoms with Gasteiger partial charge in [0.1, 0.15) is 11.9 Å². The van der Waals surface area contributed by atoms with Crippen molar-refractivity contribution >= 4 is 46.5 Å². The van der Waals surface area contributed by atoms with Crippen molar-refractivity contribution in [2.45, 2.75) is 31.8 Å². The minimum atomic E-state index is -0.863. The number of rotatable bonds is 9. The van der Waals surface area contributed by atoms with Gasteiger partial charge in [-0.1, -0.05) is 11.6 Å². The predicted octanol–water partition coefficient (Wildman–Crippen LogP) is 1.52. The molecule has 2 aromatic rings. The van der Waals surface area contributed by atoms with E-state index >= 15 is 0 Å². The van der Waals surface area contributed by atoms with Gasteiger partial charge in [-0.15, -0.1) is 11.3 Å². The number of nitrogens with zero attached hydrogens (tertiary/aromatic N) is 3. The molecule has 1 atom stereocenters. The molecule has 0 aromatic carbocycles. The molecule has 0 radical (unpaired) electrons. The van der Waals surface area contributed by atoms with Crippen LogP contribution in [0.1, 0.15) is 21.7 Å². The number of aryl methyl sites for hydroxylation is 1.